The van der Waals surface area contributed by atoms with Gasteiger partial charge in [-0.1, -0.05) is 81.7 Å². The second kappa shape index (κ2) is 16.8. The maximum atomic E-state index is 10.8. The topological polar surface area (TPSA) is 35.5 Å². The van der Waals surface area contributed by atoms with Gasteiger partial charge in [-0.05, 0) is 25.7 Å². The predicted molar refractivity (Wildman–Crippen MR) is 96.9 cm³/mol. The van der Waals surface area contributed by atoms with Crippen LogP contribution >= 0.6 is 0 Å². The summed E-state index contributed by atoms with van der Waals surface area (Å²) >= 11 is 0. The SMILES string of the molecule is C=C/C=C/C=C/C=C/CCCCCCC(CCC)OOC(C)=O. The van der Waals surface area contributed by atoms with Gasteiger partial charge < -0.3 is 0 Å². The Balaban J connectivity index is 3.60. The summed E-state index contributed by atoms with van der Waals surface area (Å²) in [4.78, 5) is 20.6. The molecule has 1 unspecified atom stereocenters. The Labute approximate surface area is 141 Å². The second-order valence-corrected chi connectivity index (χ2v) is 5.51. The molecule has 0 N–H and O–H groups in total. The van der Waals surface area contributed by atoms with Crippen molar-refractivity contribution in [1.29, 1.82) is 0 Å². The zero-order valence-electron chi connectivity index (χ0n) is 14.7. The van der Waals surface area contributed by atoms with E-state index in [0.29, 0.717) is 0 Å². The highest BCUT2D eigenvalue weighted by Gasteiger charge is 2.10. The van der Waals surface area contributed by atoms with Crippen LogP contribution in [-0.4, -0.2) is 12.1 Å². The van der Waals surface area contributed by atoms with Crippen LogP contribution < -0.4 is 0 Å². The molecule has 0 heterocycles. The number of carbonyl (C=O) groups is 1. The Morgan fingerprint density at radius 3 is 2.39 bits per heavy atom. The number of hydrogen-bond donors (Lipinski definition) is 0. The molecule has 0 amide bonds. The minimum atomic E-state index is -0.382. The molecule has 0 saturated heterocycles. The highest BCUT2D eigenvalue weighted by Crippen LogP contribution is 2.14. The van der Waals surface area contributed by atoms with Crippen molar-refractivity contribution in [3.63, 3.8) is 0 Å². The van der Waals surface area contributed by atoms with Gasteiger partial charge in [0.2, 0.25) is 0 Å². The van der Waals surface area contributed by atoms with E-state index in [-0.39, 0.29) is 12.1 Å². The first-order valence-corrected chi connectivity index (χ1v) is 8.65. The summed E-state index contributed by atoms with van der Waals surface area (Å²) in [6, 6.07) is 0. The van der Waals surface area contributed by atoms with Crippen LogP contribution in [-0.2, 0) is 14.6 Å². The highest BCUT2D eigenvalue weighted by atomic mass is 17.2. The quantitative estimate of drug-likeness (QED) is 0.174. The van der Waals surface area contributed by atoms with Crippen LogP contribution in [0.25, 0.3) is 0 Å². The van der Waals surface area contributed by atoms with E-state index < -0.39 is 0 Å². The van der Waals surface area contributed by atoms with E-state index in [0.717, 1.165) is 32.1 Å². The highest BCUT2D eigenvalue weighted by molar-refractivity contribution is 5.65. The Kier molecular flexibility index (Phi) is 15.6. The van der Waals surface area contributed by atoms with Crippen LogP contribution in [0.5, 0.6) is 0 Å². The van der Waals surface area contributed by atoms with Crippen LogP contribution in [0.15, 0.2) is 49.1 Å². The minimum Gasteiger partial charge on any atom is -0.298 e. The maximum Gasteiger partial charge on any atom is 0.339 e. The van der Waals surface area contributed by atoms with Gasteiger partial charge in [0.15, 0.2) is 0 Å². The lowest BCUT2D eigenvalue weighted by atomic mass is 10.1. The van der Waals surface area contributed by atoms with E-state index >= 15 is 0 Å². The van der Waals surface area contributed by atoms with Crippen molar-refractivity contribution in [2.45, 2.75) is 71.3 Å². The van der Waals surface area contributed by atoms with E-state index in [9.17, 15) is 4.79 Å². The molecule has 0 aliphatic rings. The number of unbranched alkanes of at least 4 members (excludes halogenated alkanes) is 4. The molecule has 3 heteroatoms. The Morgan fingerprint density at radius 1 is 1.00 bits per heavy atom. The Hall–Kier alpha value is -1.61. The molecule has 0 rings (SSSR count). The molecule has 1 atom stereocenters. The van der Waals surface area contributed by atoms with E-state index in [2.05, 4.69) is 30.5 Å². The van der Waals surface area contributed by atoms with Crippen molar-refractivity contribution in [2.75, 3.05) is 0 Å². The van der Waals surface area contributed by atoms with Gasteiger partial charge in [-0.25, -0.2) is 4.79 Å². The number of carbonyl (C=O) groups excluding carboxylic acids is 1. The van der Waals surface area contributed by atoms with Crippen LogP contribution in [0.4, 0.5) is 0 Å². The average molecular weight is 320 g/mol. The lowest BCUT2D eigenvalue weighted by Gasteiger charge is -2.14. The van der Waals surface area contributed by atoms with Gasteiger partial charge >= 0.3 is 5.97 Å². The molecule has 0 aliphatic heterocycles. The standard InChI is InChI=1S/C20H32O3/c1-4-6-7-8-9-10-11-12-13-14-15-16-18-20(17-5-2)23-22-19(3)21/h4,6-11,20H,1,5,12-18H2,2-3H3/b7-6+,9-8+,11-10+. The van der Waals surface area contributed by atoms with E-state index in [1.807, 2.05) is 24.3 Å². The van der Waals surface area contributed by atoms with Gasteiger partial charge in [0.25, 0.3) is 0 Å². The van der Waals surface area contributed by atoms with Gasteiger partial charge in [0, 0.05) is 6.92 Å². The van der Waals surface area contributed by atoms with Crippen molar-refractivity contribution in [3.05, 3.63) is 49.1 Å². The van der Waals surface area contributed by atoms with Crippen LogP contribution in [0.1, 0.15) is 65.2 Å². The fraction of sp³-hybridized carbons (Fsp3) is 0.550. The fourth-order valence-electron chi connectivity index (χ4n) is 2.13. The first-order chi connectivity index (χ1) is 11.2. The largest absolute Gasteiger partial charge is 0.339 e. The lowest BCUT2D eigenvalue weighted by Crippen LogP contribution is -2.15. The smallest absolute Gasteiger partial charge is 0.298 e. The molecule has 23 heavy (non-hydrogen) atoms. The first-order valence-electron chi connectivity index (χ1n) is 8.65. The molecule has 0 aromatic heterocycles. The van der Waals surface area contributed by atoms with Crippen LogP contribution in [0, 0.1) is 0 Å². The predicted octanol–water partition coefficient (Wildman–Crippen LogP) is 5.85. The van der Waals surface area contributed by atoms with Crippen molar-refractivity contribution in [3.8, 4) is 0 Å². The summed E-state index contributed by atoms with van der Waals surface area (Å²) in [6.07, 6.45) is 22.7. The molecule has 0 aliphatic carbocycles. The summed E-state index contributed by atoms with van der Waals surface area (Å²) in [6.45, 7) is 7.09. The van der Waals surface area contributed by atoms with E-state index in [1.165, 1.54) is 26.2 Å². The van der Waals surface area contributed by atoms with Gasteiger partial charge in [0.05, 0.1) is 0 Å². The average Bonchev–Trinajstić information content (AvgIpc) is 2.53. The molecular formula is C20H32O3. The lowest BCUT2D eigenvalue weighted by molar-refractivity contribution is -0.298. The monoisotopic (exact) mass is 320 g/mol. The van der Waals surface area contributed by atoms with E-state index in [1.54, 1.807) is 6.08 Å². The summed E-state index contributed by atoms with van der Waals surface area (Å²) in [7, 11) is 0. The third-order valence-electron chi connectivity index (χ3n) is 3.28. The molecule has 0 saturated carbocycles. The van der Waals surface area contributed by atoms with E-state index in [4.69, 9.17) is 4.89 Å². The molecule has 0 radical (unpaired) electrons. The maximum absolute atomic E-state index is 10.8. The summed E-state index contributed by atoms with van der Waals surface area (Å²) in [5.74, 6) is -0.382. The number of rotatable bonds is 14. The van der Waals surface area contributed by atoms with Crippen molar-refractivity contribution in [1.82, 2.24) is 0 Å². The van der Waals surface area contributed by atoms with Crippen molar-refractivity contribution >= 4 is 5.97 Å². The van der Waals surface area contributed by atoms with Crippen LogP contribution in [0.2, 0.25) is 0 Å². The van der Waals surface area contributed by atoms with Gasteiger partial charge in [-0.15, -0.1) is 0 Å². The third kappa shape index (κ3) is 16.6. The second-order valence-electron chi connectivity index (χ2n) is 5.51. The molecule has 0 aromatic carbocycles. The summed E-state index contributed by atoms with van der Waals surface area (Å²) < 4.78 is 0. The molecule has 0 aromatic rings. The normalized spacial score (nSPS) is 13.1. The summed E-state index contributed by atoms with van der Waals surface area (Å²) in [5.41, 5.74) is 0. The molecule has 0 fully saturated rings. The fourth-order valence-corrected chi connectivity index (χ4v) is 2.13. The first kappa shape index (κ1) is 21.4. The third-order valence-corrected chi connectivity index (χ3v) is 3.28. The molecule has 130 valence electrons. The zero-order chi connectivity index (χ0) is 17.2. The van der Waals surface area contributed by atoms with Gasteiger partial charge in [0.1, 0.15) is 6.10 Å². The Bertz CT molecular complexity index is 380. The van der Waals surface area contributed by atoms with Gasteiger partial charge in [-0.2, -0.15) is 4.89 Å². The zero-order valence-corrected chi connectivity index (χ0v) is 14.7. The number of allylic oxidation sites excluding steroid dienone is 7. The molecule has 0 spiro atoms. The molecule has 0 bridgehead atoms. The van der Waals surface area contributed by atoms with Crippen molar-refractivity contribution in [2.24, 2.45) is 0 Å². The Morgan fingerprint density at radius 2 is 1.70 bits per heavy atom. The number of hydrogen-bond acceptors (Lipinski definition) is 3. The summed E-state index contributed by atoms with van der Waals surface area (Å²) in [5, 5.41) is 0. The molecule has 3 nitrogen and oxygen atoms in total. The van der Waals surface area contributed by atoms with Gasteiger partial charge in [-0.3, -0.25) is 4.89 Å². The van der Waals surface area contributed by atoms with Crippen molar-refractivity contribution < 1.29 is 14.6 Å². The van der Waals surface area contributed by atoms with Crippen LogP contribution in [0.3, 0.4) is 0 Å². The molecular weight excluding hydrogens is 288 g/mol. The minimum absolute atomic E-state index is 0.0394.